The Morgan fingerprint density at radius 2 is 2.05 bits per heavy atom. The van der Waals surface area contributed by atoms with E-state index in [0.29, 0.717) is 16.7 Å². The van der Waals surface area contributed by atoms with Gasteiger partial charge in [0.2, 0.25) is 0 Å². The van der Waals surface area contributed by atoms with E-state index in [1.165, 1.54) is 17.3 Å². The highest BCUT2D eigenvalue weighted by atomic mass is 16.4. The van der Waals surface area contributed by atoms with Crippen LogP contribution in [0.15, 0.2) is 18.5 Å². The average Bonchev–Trinajstić information content (AvgIpc) is 2.70. The number of anilines is 1. The van der Waals surface area contributed by atoms with Gasteiger partial charge in [-0.25, -0.2) is 14.6 Å². The highest BCUT2D eigenvalue weighted by Gasteiger charge is 2.15. The summed E-state index contributed by atoms with van der Waals surface area (Å²) in [6.45, 7) is 0. The van der Waals surface area contributed by atoms with Crippen molar-refractivity contribution in [2.75, 3.05) is 19.4 Å². The predicted octanol–water partition coefficient (Wildman–Crippen LogP) is 1.36. The summed E-state index contributed by atoms with van der Waals surface area (Å²) < 4.78 is 1.64. The summed E-state index contributed by atoms with van der Waals surface area (Å²) in [4.78, 5) is 28.3. The normalized spacial score (nSPS) is 10.5. The molecule has 2 N–H and O–H groups in total. The molecule has 0 saturated heterocycles. The number of aromatic carboxylic acids is 1. The third-order valence-electron chi connectivity index (χ3n) is 2.70. The standard InChI is InChI=1S/C12H14N4O3/c1-15(2)12(19)14-7-4-8(11(17)18)10-9(5-7)13-6-16(10)3/h4-6H,1-3H3,(H,14,19)(H,17,18). The van der Waals surface area contributed by atoms with Gasteiger partial charge in [0.25, 0.3) is 0 Å². The molecule has 1 aromatic carbocycles. The van der Waals surface area contributed by atoms with Crippen LogP contribution in [0.2, 0.25) is 0 Å². The van der Waals surface area contributed by atoms with E-state index in [1.807, 2.05) is 0 Å². The third kappa shape index (κ3) is 2.35. The number of aromatic nitrogens is 2. The fourth-order valence-corrected chi connectivity index (χ4v) is 1.77. The van der Waals surface area contributed by atoms with Gasteiger partial charge in [0.15, 0.2) is 0 Å². The molecule has 0 fully saturated rings. The quantitative estimate of drug-likeness (QED) is 0.855. The summed E-state index contributed by atoms with van der Waals surface area (Å²) in [5.74, 6) is -1.06. The molecule has 19 heavy (non-hydrogen) atoms. The van der Waals surface area contributed by atoms with Crippen LogP contribution >= 0.6 is 0 Å². The number of fused-ring (bicyclic) bond motifs is 1. The molecule has 100 valence electrons. The molecular formula is C12H14N4O3. The maximum atomic E-state index is 11.6. The lowest BCUT2D eigenvalue weighted by Crippen LogP contribution is -2.27. The van der Waals surface area contributed by atoms with Crippen molar-refractivity contribution in [2.45, 2.75) is 0 Å². The van der Waals surface area contributed by atoms with Crippen molar-refractivity contribution >= 4 is 28.7 Å². The van der Waals surface area contributed by atoms with Crippen LogP contribution in [0.1, 0.15) is 10.4 Å². The number of urea groups is 1. The second kappa shape index (κ2) is 4.60. The molecule has 0 spiro atoms. The molecule has 0 saturated carbocycles. The minimum atomic E-state index is -1.06. The number of hydrogen-bond donors (Lipinski definition) is 2. The van der Waals surface area contributed by atoms with Gasteiger partial charge < -0.3 is 19.9 Å². The van der Waals surface area contributed by atoms with Crippen LogP contribution in [0.5, 0.6) is 0 Å². The predicted molar refractivity (Wildman–Crippen MR) is 70.4 cm³/mol. The summed E-state index contributed by atoms with van der Waals surface area (Å²) >= 11 is 0. The SMILES string of the molecule is CN(C)C(=O)Nc1cc(C(=O)O)c2c(c1)ncn2C. The highest BCUT2D eigenvalue weighted by Crippen LogP contribution is 2.23. The molecule has 1 aromatic heterocycles. The molecule has 0 unspecified atom stereocenters. The number of aryl methyl sites for hydroxylation is 1. The number of carbonyl (C=O) groups excluding carboxylic acids is 1. The first-order valence-electron chi connectivity index (χ1n) is 5.57. The van der Waals surface area contributed by atoms with Crippen molar-refractivity contribution < 1.29 is 14.7 Å². The monoisotopic (exact) mass is 262 g/mol. The summed E-state index contributed by atoms with van der Waals surface area (Å²) in [6.07, 6.45) is 1.54. The number of carboxylic acid groups (broad SMARTS) is 1. The lowest BCUT2D eigenvalue weighted by Gasteiger charge is -2.12. The van der Waals surface area contributed by atoms with Gasteiger partial charge in [0.05, 0.1) is 22.9 Å². The lowest BCUT2D eigenvalue weighted by molar-refractivity contribution is 0.0698. The average molecular weight is 262 g/mol. The van der Waals surface area contributed by atoms with E-state index in [4.69, 9.17) is 0 Å². The molecule has 0 atom stereocenters. The van der Waals surface area contributed by atoms with Crippen LogP contribution in [0.3, 0.4) is 0 Å². The number of nitrogens with zero attached hydrogens (tertiary/aromatic N) is 3. The zero-order valence-electron chi connectivity index (χ0n) is 10.8. The van der Waals surface area contributed by atoms with Gasteiger partial charge in [-0.15, -0.1) is 0 Å². The smallest absolute Gasteiger partial charge is 0.337 e. The van der Waals surface area contributed by atoms with Crippen LogP contribution < -0.4 is 5.32 Å². The van der Waals surface area contributed by atoms with E-state index in [9.17, 15) is 14.7 Å². The summed E-state index contributed by atoms with van der Waals surface area (Å²) in [7, 11) is 4.93. The molecule has 0 radical (unpaired) electrons. The third-order valence-corrected chi connectivity index (χ3v) is 2.70. The Kier molecular flexibility index (Phi) is 3.12. The molecule has 0 aliphatic rings. The van der Waals surface area contributed by atoms with E-state index in [2.05, 4.69) is 10.3 Å². The van der Waals surface area contributed by atoms with E-state index < -0.39 is 5.97 Å². The number of nitrogens with one attached hydrogen (secondary N) is 1. The van der Waals surface area contributed by atoms with E-state index in [-0.39, 0.29) is 11.6 Å². The Morgan fingerprint density at radius 1 is 1.37 bits per heavy atom. The largest absolute Gasteiger partial charge is 0.478 e. The van der Waals surface area contributed by atoms with Gasteiger partial charge in [-0.2, -0.15) is 0 Å². The molecule has 0 bridgehead atoms. The molecular weight excluding hydrogens is 248 g/mol. The Hall–Kier alpha value is -2.57. The van der Waals surface area contributed by atoms with Crippen molar-refractivity contribution in [3.63, 3.8) is 0 Å². The van der Waals surface area contributed by atoms with Gasteiger partial charge in [-0.05, 0) is 12.1 Å². The van der Waals surface area contributed by atoms with Crippen LogP contribution in [0, 0.1) is 0 Å². The molecule has 7 nitrogen and oxygen atoms in total. The molecule has 0 aliphatic heterocycles. The minimum Gasteiger partial charge on any atom is -0.478 e. The summed E-state index contributed by atoms with van der Waals surface area (Å²) in [6, 6.07) is 2.74. The fourth-order valence-electron chi connectivity index (χ4n) is 1.77. The molecule has 2 rings (SSSR count). The zero-order valence-corrected chi connectivity index (χ0v) is 10.8. The molecule has 1 heterocycles. The van der Waals surface area contributed by atoms with Crippen molar-refractivity contribution in [3.05, 3.63) is 24.0 Å². The molecule has 0 aliphatic carbocycles. The van der Waals surface area contributed by atoms with Gasteiger partial charge in [-0.1, -0.05) is 0 Å². The fraction of sp³-hybridized carbons (Fsp3) is 0.250. The Morgan fingerprint density at radius 3 is 2.63 bits per heavy atom. The van der Waals surface area contributed by atoms with Crippen LogP contribution in [-0.2, 0) is 7.05 Å². The Bertz CT molecular complexity index is 660. The number of imidazole rings is 1. The Balaban J connectivity index is 2.53. The van der Waals surface area contributed by atoms with Gasteiger partial charge >= 0.3 is 12.0 Å². The second-order valence-corrected chi connectivity index (χ2v) is 4.38. The number of carboxylic acids is 1. The van der Waals surface area contributed by atoms with Crippen LogP contribution in [0.4, 0.5) is 10.5 Å². The first-order chi connectivity index (χ1) is 8.90. The maximum Gasteiger partial charge on any atom is 0.337 e. The first-order valence-corrected chi connectivity index (χ1v) is 5.57. The second-order valence-electron chi connectivity index (χ2n) is 4.38. The number of benzene rings is 1. The van der Waals surface area contributed by atoms with Gasteiger partial charge in [-0.3, -0.25) is 0 Å². The van der Waals surface area contributed by atoms with Crippen molar-refractivity contribution in [3.8, 4) is 0 Å². The topological polar surface area (TPSA) is 87.5 Å². The molecule has 7 heteroatoms. The van der Waals surface area contributed by atoms with E-state index in [1.54, 1.807) is 31.8 Å². The van der Waals surface area contributed by atoms with E-state index in [0.717, 1.165) is 0 Å². The first kappa shape index (κ1) is 12.9. The highest BCUT2D eigenvalue weighted by molar-refractivity contribution is 6.04. The van der Waals surface area contributed by atoms with Crippen molar-refractivity contribution in [1.29, 1.82) is 0 Å². The minimum absolute atomic E-state index is 0.103. The number of carbonyl (C=O) groups is 2. The molecule has 2 amide bonds. The zero-order chi connectivity index (χ0) is 14.2. The summed E-state index contributed by atoms with van der Waals surface area (Å²) in [5.41, 5.74) is 1.56. The van der Waals surface area contributed by atoms with Crippen LogP contribution in [0.25, 0.3) is 11.0 Å². The van der Waals surface area contributed by atoms with E-state index >= 15 is 0 Å². The summed E-state index contributed by atoms with van der Waals surface area (Å²) in [5, 5.41) is 11.8. The van der Waals surface area contributed by atoms with Gasteiger partial charge in [0, 0.05) is 26.8 Å². The number of hydrogen-bond acceptors (Lipinski definition) is 3. The van der Waals surface area contributed by atoms with Crippen molar-refractivity contribution in [1.82, 2.24) is 14.5 Å². The van der Waals surface area contributed by atoms with Crippen molar-refractivity contribution in [2.24, 2.45) is 7.05 Å². The number of amides is 2. The maximum absolute atomic E-state index is 11.6. The number of rotatable bonds is 2. The molecule has 2 aromatic rings. The Labute approximate surface area is 109 Å². The van der Waals surface area contributed by atoms with Gasteiger partial charge in [0.1, 0.15) is 0 Å². The van der Waals surface area contributed by atoms with Crippen LogP contribution in [-0.4, -0.2) is 45.7 Å². The lowest BCUT2D eigenvalue weighted by atomic mass is 10.1.